The smallest absolute Gasteiger partial charge is 0.243 e. The highest BCUT2D eigenvalue weighted by molar-refractivity contribution is 9.10. The summed E-state index contributed by atoms with van der Waals surface area (Å²) in [5.41, 5.74) is 2.07. The normalized spacial score (nSPS) is 16.5. The number of sulfonamides is 1. The van der Waals surface area contributed by atoms with Crippen LogP contribution < -0.4 is 10.1 Å². The Kier molecular flexibility index (Phi) is 7.64. The summed E-state index contributed by atoms with van der Waals surface area (Å²) in [6.07, 6.45) is 0.924. The number of aliphatic hydroxyl groups is 1. The molecule has 1 aromatic heterocycles. The summed E-state index contributed by atoms with van der Waals surface area (Å²) in [6, 6.07) is 20.8. The predicted octanol–water partition coefficient (Wildman–Crippen LogP) is 4.51. The summed E-state index contributed by atoms with van der Waals surface area (Å²) in [6.45, 7) is 2.35. The number of nitrogens with one attached hydrogen (secondary N) is 2. The SMILES string of the molecule is O=S(=O)(c1cccc(Br)c1)N1CCC(CNC[C@H](O)COc2cccc3[nH]c4ccccc4c23)CC1. The molecule has 1 saturated heterocycles. The summed E-state index contributed by atoms with van der Waals surface area (Å²) < 4.78 is 34.2. The molecule has 0 unspecified atom stereocenters. The fourth-order valence-corrected chi connectivity index (χ4v) is 6.88. The Morgan fingerprint density at radius 1 is 1.06 bits per heavy atom. The first-order chi connectivity index (χ1) is 17.4. The second-order valence-electron chi connectivity index (χ2n) is 9.28. The van der Waals surface area contributed by atoms with Crippen LogP contribution in [0.3, 0.4) is 0 Å². The van der Waals surface area contributed by atoms with Gasteiger partial charge in [-0.25, -0.2) is 8.42 Å². The van der Waals surface area contributed by atoms with E-state index >= 15 is 0 Å². The third-order valence-electron chi connectivity index (χ3n) is 6.74. The first kappa shape index (κ1) is 25.2. The van der Waals surface area contributed by atoms with Crippen LogP contribution in [0.1, 0.15) is 12.8 Å². The molecule has 0 amide bonds. The van der Waals surface area contributed by atoms with E-state index in [4.69, 9.17) is 4.74 Å². The number of aromatic amines is 1. The second-order valence-corrected chi connectivity index (χ2v) is 12.1. The maximum Gasteiger partial charge on any atom is 0.243 e. The van der Waals surface area contributed by atoms with Gasteiger partial charge in [0.15, 0.2) is 0 Å². The van der Waals surface area contributed by atoms with Crippen LogP contribution in [0.25, 0.3) is 21.8 Å². The molecule has 0 aliphatic carbocycles. The Morgan fingerprint density at radius 2 is 1.81 bits per heavy atom. The van der Waals surface area contributed by atoms with Gasteiger partial charge in [0.05, 0.1) is 10.4 Å². The van der Waals surface area contributed by atoms with Gasteiger partial charge in [0.1, 0.15) is 18.5 Å². The van der Waals surface area contributed by atoms with E-state index in [1.54, 1.807) is 22.5 Å². The summed E-state index contributed by atoms with van der Waals surface area (Å²) in [7, 11) is -3.48. The van der Waals surface area contributed by atoms with E-state index in [2.05, 4.69) is 32.3 Å². The van der Waals surface area contributed by atoms with E-state index in [-0.39, 0.29) is 6.61 Å². The molecule has 36 heavy (non-hydrogen) atoms. The van der Waals surface area contributed by atoms with Crippen LogP contribution in [-0.4, -0.2) is 61.7 Å². The van der Waals surface area contributed by atoms with Gasteiger partial charge in [-0.2, -0.15) is 4.31 Å². The highest BCUT2D eigenvalue weighted by Gasteiger charge is 2.29. The lowest BCUT2D eigenvalue weighted by Gasteiger charge is -2.31. The molecule has 1 aliphatic heterocycles. The number of halogens is 1. The van der Waals surface area contributed by atoms with Crippen LogP contribution in [-0.2, 0) is 10.0 Å². The van der Waals surface area contributed by atoms with Crippen molar-refractivity contribution in [2.24, 2.45) is 5.92 Å². The van der Waals surface area contributed by atoms with Gasteiger partial charge >= 0.3 is 0 Å². The number of nitrogens with zero attached hydrogens (tertiary/aromatic N) is 1. The van der Waals surface area contributed by atoms with Crippen molar-refractivity contribution in [1.29, 1.82) is 0 Å². The molecule has 5 rings (SSSR count). The number of aromatic nitrogens is 1. The number of fused-ring (bicyclic) bond motifs is 3. The summed E-state index contributed by atoms with van der Waals surface area (Å²) in [5, 5.41) is 15.9. The van der Waals surface area contributed by atoms with Crippen LogP contribution in [0.4, 0.5) is 0 Å². The molecule has 3 N–H and O–H groups in total. The molecule has 0 bridgehead atoms. The van der Waals surface area contributed by atoms with Gasteiger partial charge in [-0.15, -0.1) is 0 Å². The number of hydrogen-bond donors (Lipinski definition) is 3. The number of para-hydroxylation sites is 1. The first-order valence-corrected chi connectivity index (χ1v) is 14.4. The van der Waals surface area contributed by atoms with Gasteiger partial charge < -0.3 is 20.1 Å². The molecule has 4 aromatic rings. The molecule has 1 aliphatic rings. The van der Waals surface area contributed by atoms with E-state index in [1.165, 1.54) is 0 Å². The number of rotatable bonds is 9. The Bertz CT molecular complexity index is 1450. The molecule has 190 valence electrons. The third kappa shape index (κ3) is 5.45. The minimum absolute atomic E-state index is 0.189. The Labute approximate surface area is 219 Å². The zero-order valence-corrected chi connectivity index (χ0v) is 22.3. The zero-order chi connectivity index (χ0) is 25.1. The summed E-state index contributed by atoms with van der Waals surface area (Å²) in [5.74, 6) is 1.12. The summed E-state index contributed by atoms with van der Waals surface area (Å²) in [4.78, 5) is 3.72. The molecule has 1 atom stereocenters. The lowest BCUT2D eigenvalue weighted by atomic mass is 9.98. The molecule has 2 heterocycles. The molecule has 0 spiro atoms. The van der Waals surface area contributed by atoms with Crippen molar-refractivity contribution in [3.8, 4) is 5.75 Å². The standard InChI is InChI=1S/C27H30BrN3O4S/c28-20-5-3-6-22(15-20)36(33,34)31-13-11-19(12-14-31)16-29-17-21(32)18-35-26-10-4-9-25-27(26)23-7-1-2-8-24(23)30-25/h1-10,15,19,21,29-30,32H,11-14,16-18H2/t21-/m0/s1. The third-order valence-corrected chi connectivity index (χ3v) is 9.13. The van der Waals surface area contributed by atoms with Crippen molar-refractivity contribution >= 4 is 47.8 Å². The Balaban J connectivity index is 1.08. The summed E-state index contributed by atoms with van der Waals surface area (Å²) >= 11 is 3.35. The monoisotopic (exact) mass is 571 g/mol. The first-order valence-electron chi connectivity index (χ1n) is 12.2. The molecule has 1 fully saturated rings. The molecular formula is C27H30BrN3O4S. The lowest BCUT2D eigenvalue weighted by molar-refractivity contribution is 0.105. The molecule has 0 saturated carbocycles. The van der Waals surface area contributed by atoms with Crippen molar-refractivity contribution in [2.75, 3.05) is 32.8 Å². The molecule has 7 nitrogen and oxygen atoms in total. The number of ether oxygens (including phenoxy) is 1. The van der Waals surface area contributed by atoms with Crippen molar-refractivity contribution in [1.82, 2.24) is 14.6 Å². The quantitative estimate of drug-likeness (QED) is 0.274. The highest BCUT2D eigenvalue weighted by atomic mass is 79.9. The predicted molar refractivity (Wildman–Crippen MR) is 146 cm³/mol. The number of hydrogen-bond acceptors (Lipinski definition) is 5. The average Bonchev–Trinajstić information content (AvgIpc) is 3.27. The van der Waals surface area contributed by atoms with E-state index in [0.29, 0.717) is 30.4 Å². The molecule has 0 radical (unpaired) electrons. The van der Waals surface area contributed by atoms with Crippen LogP contribution >= 0.6 is 15.9 Å². The number of benzene rings is 3. The fourth-order valence-electron chi connectivity index (χ4n) is 4.82. The maximum absolute atomic E-state index is 12.9. The number of H-pyrrole nitrogens is 1. The second kappa shape index (κ2) is 10.9. The van der Waals surface area contributed by atoms with Crippen molar-refractivity contribution in [3.05, 3.63) is 71.2 Å². The highest BCUT2D eigenvalue weighted by Crippen LogP contribution is 2.33. The van der Waals surface area contributed by atoms with Crippen molar-refractivity contribution < 1.29 is 18.3 Å². The van der Waals surface area contributed by atoms with Crippen LogP contribution in [0.2, 0.25) is 0 Å². The maximum atomic E-state index is 12.9. The Hall–Kier alpha value is -2.43. The largest absolute Gasteiger partial charge is 0.490 e. The average molecular weight is 573 g/mol. The van der Waals surface area contributed by atoms with Crippen LogP contribution in [0, 0.1) is 5.92 Å². The minimum Gasteiger partial charge on any atom is -0.490 e. The van der Waals surface area contributed by atoms with Gasteiger partial charge in [0.2, 0.25) is 10.0 Å². The molecule has 3 aromatic carbocycles. The molecular weight excluding hydrogens is 542 g/mol. The van der Waals surface area contributed by atoms with E-state index in [0.717, 1.165) is 51.4 Å². The van der Waals surface area contributed by atoms with E-state index in [1.807, 2.05) is 42.5 Å². The topological polar surface area (TPSA) is 94.7 Å². The van der Waals surface area contributed by atoms with Gasteiger partial charge in [-0.05, 0) is 61.7 Å². The van der Waals surface area contributed by atoms with Gasteiger partial charge in [-0.1, -0.05) is 46.3 Å². The van der Waals surface area contributed by atoms with Crippen molar-refractivity contribution in [2.45, 2.75) is 23.8 Å². The Morgan fingerprint density at radius 3 is 2.61 bits per heavy atom. The lowest BCUT2D eigenvalue weighted by Crippen LogP contribution is -2.42. The number of aliphatic hydroxyl groups excluding tert-OH is 1. The minimum atomic E-state index is -3.48. The fraction of sp³-hybridized carbons (Fsp3) is 0.333. The van der Waals surface area contributed by atoms with Gasteiger partial charge in [-0.3, -0.25) is 0 Å². The van der Waals surface area contributed by atoms with Gasteiger partial charge in [0, 0.05) is 40.4 Å². The molecule has 9 heteroatoms. The van der Waals surface area contributed by atoms with E-state index < -0.39 is 16.1 Å². The van der Waals surface area contributed by atoms with Crippen LogP contribution in [0.15, 0.2) is 76.1 Å². The van der Waals surface area contributed by atoms with Gasteiger partial charge in [0.25, 0.3) is 0 Å². The number of piperidine rings is 1. The zero-order valence-electron chi connectivity index (χ0n) is 19.9. The van der Waals surface area contributed by atoms with E-state index in [9.17, 15) is 13.5 Å². The van der Waals surface area contributed by atoms with Crippen LogP contribution in [0.5, 0.6) is 5.75 Å². The van der Waals surface area contributed by atoms with Crippen molar-refractivity contribution in [3.63, 3.8) is 0 Å².